The van der Waals surface area contributed by atoms with E-state index >= 15 is 0 Å². The van der Waals surface area contributed by atoms with E-state index in [4.69, 9.17) is 9.39 Å². The number of ether oxygens (including phenoxy) is 1. The van der Waals surface area contributed by atoms with Gasteiger partial charge in [0.25, 0.3) is 5.91 Å². The van der Waals surface area contributed by atoms with Gasteiger partial charge >= 0.3 is 7.12 Å². The van der Waals surface area contributed by atoms with Crippen molar-refractivity contribution in [2.45, 2.75) is 6.61 Å². The zero-order valence-corrected chi connectivity index (χ0v) is 12.4. The summed E-state index contributed by atoms with van der Waals surface area (Å²) in [5.41, 5.74) is 2.31. The first-order chi connectivity index (χ1) is 10.5. The minimum absolute atomic E-state index is 0.0461. The Balaban J connectivity index is 1.75. The molecule has 1 heterocycles. The van der Waals surface area contributed by atoms with Crippen LogP contribution in [-0.4, -0.2) is 37.0 Å². The average molecular weight is 297 g/mol. The molecule has 0 aromatic heterocycles. The molecular formula is C16H16BNO4. The van der Waals surface area contributed by atoms with Gasteiger partial charge in [-0.05, 0) is 47.4 Å². The molecule has 0 aliphatic carbocycles. The lowest BCUT2D eigenvalue weighted by atomic mass is 9.80. The molecule has 0 radical (unpaired) electrons. The molecule has 0 spiro atoms. The molecule has 0 saturated heterocycles. The van der Waals surface area contributed by atoms with Crippen molar-refractivity contribution in [3.63, 3.8) is 0 Å². The summed E-state index contributed by atoms with van der Waals surface area (Å²) in [6, 6.07) is 12.4. The van der Waals surface area contributed by atoms with Gasteiger partial charge in [-0.2, -0.15) is 0 Å². The van der Waals surface area contributed by atoms with Crippen LogP contribution in [0.2, 0.25) is 0 Å². The molecule has 0 atom stereocenters. The number of hydrogen-bond acceptors (Lipinski definition) is 4. The zero-order valence-electron chi connectivity index (χ0n) is 12.4. The molecule has 6 heteroatoms. The Bertz CT molecular complexity index is 700. The molecule has 1 amide bonds. The molecule has 1 aliphatic rings. The smallest absolute Gasteiger partial charge is 0.457 e. The van der Waals surface area contributed by atoms with Gasteiger partial charge in [0.1, 0.15) is 11.5 Å². The van der Waals surface area contributed by atoms with Crippen molar-refractivity contribution in [2.75, 3.05) is 14.1 Å². The fourth-order valence-electron chi connectivity index (χ4n) is 2.33. The van der Waals surface area contributed by atoms with E-state index in [9.17, 15) is 9.82 Å². The van der Waals surface area contributed by atoms with Crippen LogP contribution in [0.25, 0.3) is 0 Å². The Hall–Kier alpha value is -2.31. The molecule has 0 saturated carbocycles. The van der Waals surface area contributed by atoms with Gasteiger partial charge in [-0.3, -0.25) is 4.79 Å². The number of fused-ring (bicyclic) bond motifs is 1. The van der Waals surface area contributed by atoms with Gasteiger partial charge in [-0.25, -0.2) is 0 Å². The summed E-state index contributed by atoms with van der Waals surface area (Å²) in [4.78, 5) is 13.3. The summed E-state index contributed by atoms with van der Waals surface area (Å²) >= 11 is 0. The van der Waals surface area contributed by atoms with E-state index in [1.165, 1.54) is 4.90 Å². The monoisotopic (exact) mass is 297 g/mol. The fraction of sp³-hybridized carbons (Fsp3) is 0.188. The minimum atomic E-state index is -0.847. The summed E-state index contributed by atoms with van der Waals surface area (Å²) in [7, 11) is 2.59. The molecule has 112 valence electrons. The van der Waals surface area contributed by atoms with Crippen LogP contribution in [0, 0.1) is 0 Å². The maximum atomic E-state index is 11.8. The molecule has 3 rings (SSSR count). The quantitative estimate of drug-likeness (QED) is 0.870. The number of carbonyl (C=O) groups is 1. The van der Waals surface area contributed by atoms with E-state index in [0.717, 1.165) is 11.0 Å². The highest BCUT2D eigenvalue weighted by molar-refractivity contribution is 6.61. The summed E-state index contributed by atoms with van der Waals surface area (Å²) in [5, 5.41) is 9.59. The van der Waals surface area contributed by atoms with Crippen molar-refractivity contribution in [3.8, 4) is 11.5 Å². The molecule has 22 heavy (non-hydrogen) atoms. The SMILES string of the molecule is CN(C)C(=O)c1ccc(Oc2ccc3c(c2)COB3O)cc1. The second-order valence-corrected chi connectivity index (χ2v) is 5.35. The van der Waals surface area contributed by atoms with Crippen molar-refractivity contribution < 1.29 is 19.2 Å². The lowest BCUT2D eigenvalue weighted by Crippen LogP contribution is -2.27. The van der Waals surface area contributed by atoms with E-state index in [1.54, 1.807) is 50.5 Å². The van der Waals surface area contributed by atoms with E-state index in [1.807, 2.05) is 6.07 Å². The molecule has 0 fully saturated rings. The molecule has 5 nitrogen and oxygen atoms in total. The second kappa shape index (κ2) is 5.83. The van der Waals surface area contributed by atoms with Crippen LogP contribution in [0.1, 0.15) is 15.9 Å². The van der Waals surface area contributed by atoms with Gasteiger partial charge in [0.05, 0.1) is 6.61 Å². The van der Waals surface area contributed by atoms with Gasteiger partial charge in [-0.15, -0.1) is 0 Å². The Morgan fingerprint density at radius 1 is 1.18 bits per heavy atom. The first-order valence-electron chi connectivity index (χ1n) is 6.96. The van der Waals surface area contributed by atoms with Crippen LogP contribution in [0.5, 0.6) is 11.5 Å². The third kappa shape index (κ3) is 2.84. The molecule has 2 aromatic carbocycles. The van der Waals surface area contributed by atoms with Crippen LogP contribution < -0.4 is 10.2 Å². The Labute approximate surface area is 129 Å². The average Bonchev–Trinajstić information content (AvgIpc) is 2.88. The van der Waals surface area contributed by atoms with E-state index in [-0.39, 0.29) is 5.91 Å². The molecule has 0 unspecified atom stereocenters. The van der Waals surface area contributed by atoms with Crippen molar-refractivity contribution >= 4 is 18.5 Å². The number of carbonyl (C=O) groups excluding carboxylic acids is 1. The highest BCUT2D eigenvalue weighted by Gasteiger charge is 2.27. The van der Waals surface area contributed by atoms with Gasteiger partial charge in [0.2, 0.25) is 0 Å². The molecule has 2 aromatic rings. The topological polar surface area (TPSA) is 59.0 Å². The maximum absolute atomic E-state index is 11.8. The van der Waals surface area contributed by atoms with Gasteiger partial charge in [0, 0.05) is 19.7 Å². The Morgan fingerprint density at radius 2 is 1.86 bits per heavy atom. The molecular weight excluding hydrogens is 281 g/mol. The lowest BCUT2D eigenvalue weighted by Gasteiger charge is -2.11. The van der Waals surface area contributed by atoms with Crippen LogP contribution in [0.15, 0.2) is 42.5 Å². The van der Waals surface area contributed by atoms with Crippen molar-refractivity contribution in [1.82, 2.24) is 4.90 Å². The van der Waals surface area contributed by atoms with Crippen molar-refractivity contribution in [2.24, 2.45) is 0 Å². The van der Waals surface area contributed by atoms with Crippen LogP contribution in [0.3, 0.4) is 0 Å². The second-order valence-electron chi connectivity index (χ2n) is 5.35. The number of amides is 1. The van der Waals surface area contributed by atoms with E-state index in [0.29, 0.717) is 23.7 Å². The van der Waals surface area contributed by atoms with Crippen LogP contribution in [0.4, 0.5) is 0 Å². The number of nitrogens with zero attached hydrogens (tertiary/aromatic N) is 1. The third-order valence-corrected chi connectivity index (χ3v) is 3.52. The predicted octanol–water partition coefficient (Wildman–Crippen LogP) is 1.40. The summed E-state index contributed by atoms with van der Waals surface area (Å²) in [6.45, 7) is 0.379. The lowest BCUT2D eigenvalue weighted by molar-refractivity contribution is 0.0827. The standard InChI is InChI=1S/C16H16BNO4/c1-18(2)16(19)11-3-5-13(6-4-11)22-14-7-8-15-12(9-14)10-21-17(15)20/h3-9,20H,10H2,1-2H3. The summed E-state index contributed by atoms with van der Waals surface area (Å²) in [6.07, 6.45) is 0. The van der Waals surface area contributed by atoms with Gasteiger partial charge in [-0.1, -0.05) is 6.07 Å². The minimum Gasteiger partial charge on any atom is -0.457 e. The Kier molecular flexibility index (Phi) is 3.87. The predicted molar refractivity (Wildman–Crippen MR) is 83.4 cm³/mol. The molecule has 1 aliphatic heterocycles. The third-order valence-electron chi connectivity index (χ3n) is 3.52. The van der Waals surface area contributed by atoms with Crippen molar-refractivity contribution in [3.05, 3.63) is 53.6 Å². The summed E-state index contributed by atoms with van der Waals surface area (Å²) < 4.78 is 10.9. The largest absolute Gasteiger partial charge is 0.491 e. The van der Waals surface area contributed by atoms with Gasteiger partial charge < -0.3 is 19.3 Å². The van der Waals surface area contributed by atoms with Crippen LogP contribution >= 0.6 is 0 Å². The maximum Gasteiger partial charge on any atom is 0.491 e. The molecule has 1 N–H and O–H groups in total. The highest BCUT2D eigenvalue weighted by atomic mass is 16.5. The first-order valence-corrected chi connectivity index (χ1v) is 6.96. The number of rotatable bonds is 3. The van der Waals surface area contributed by atoms with E-state index < -0.39 is 7.12 Å². The zero-order chi connectivity index (χ0) is 15.7. The van der Waals surface area contributed by atoms with Gasteiger partial charge in [0.15, 0.2) is 0 Å². The number of benzene rings is 2. The van der Waals surface area contributed by atoms with E-state index in [2.05, 4.69) is 0 Å². The highest BCUT2D eigenvalue weighted by Crippen LogP contribution is 2.24. The fourth-order valence-corrected chi connectivity index (χ4v) is 2.33. The van der Waals surface area contributed by atoms with Crippen molar-refractivity contribution in [1.29, 1.82) is 0 Å². The summed E-state index contributed by atoms with van der Waals surface area (Å²) in [5.74, 6) is 1.27. The normalized spacial score (nSPS) is 13.0. The Morgan fingerprint density at radius 3 is 2.55 bits per heavy atom. The van der Waals surface area contributed by atoms with Crippen LogP contribution in [-0.2, 0) is 11.3 Å². The number of hydrogen-bond donors (Lipinski definition) is 1. The molecule has 0 bridgehead atoms. The first kappa shape index (κ1) is 14.6.